The highest BCUT2D eigenvalue weighted by atomic mass is 32.2. The van der Waals surface area contributed by atoms with E-state index in [1.165, 1.54) is 18.2 Å². The van der Waals surface area contributed by atoms with E-state index >= 15 is 0 Å². The smallest absolute Gasteiger partial charge is 0.328 e. The first-order valence-corrected chi connectivity index (χ1v) is 6.64. The third-order valence-corrected chi connectivity index (χ3v) is 3.25. The molecular formula is C10H13NO5S. The van der Waals surface area contributed by atoms with Crippen LogP contribution in [0.1, 0.15) is 0 Å². The molecule has 0 spiro atoms. The second kappa shape index (κ2) is 5.15. The predicted octanol–water partition coefficient (Wildman–Crippen LogP) is -0.0525. The number of aliphatic carboxylic acids is 1. The predicted molar refractivity (Wildman–Crippen MR) is 61.7 cm³/mol. The molecule has 1 aromatic rings. The number of rotatable bonds is 5. The van der Waals surface area contributed by atoms with Crippen LogP contribution in [0.15, 0.2) is 29.2 Å². The minimum absolute atomic E-state index is 0.000278. The number of carboxylic acid groups (broad SMARTS) is 1. The molecule has 17 heavy (non-hydrogen) atoms. The van der Waals surface area contributed by atoms with Crippen molar-refractivity contribution in [2.45, 2.75) is 10.9 Å². The molecule has 0 fully saturated rings. The Kier molecular flexibility index (Phi) is 4.08. The zero-order valence-corrected chi connectivity index (χ0v) is 9.94. The topological polar surface area (TPSA) is 104 Å². The number of carboxylic acids is 1. The van der Waals surface area contributed by atoms with Gasteiger partial charge in [0, 0.05) is 6.26 Å². The van der Waals surface area contributed by atoms with Gasteiger partial charge in [0.05, 0.1) is 17.2 Å². The molecule has 7 heteroatoms. The summed E-state index contributed by atoms with van der Waals surface area (Å²) in [6, 6.07) is 4.69. The third kappa shape index (κ3) is 3.43. The highest BCUT2D eigenvalue weighted by Gasteiger charge is 2.19. The molecule has 0 saturated carbocycles. The number of benzene rings is 1. The normalized spacial score (nSPS) is 13.1. The van der Waals surface area contributed by atoms with E-state index in [0.717, 1.165) is 6.26 Å². The number of carbonyl (C=O) groups is 1. The van der Waals surface area contributed by atoms with E-state index < -0.39 is 28.5 Å². The van der Waals surface area contributed by atoms with Crippen LogP contribution in [0.5, 0.6) is 0 Å². The van der Waals surface area contributed by atoms with Gasteiger partial charge in [0.15, 0.2) is 9.84 Å². The summed E-state index contributed by atoms with van der Waals surface area (Å²) < 4.78 is 22.9. The maximum Gasteiger partial charge on any atom is 0.328 e. The average molecular weight is 259 g/mol. The highest BCUT2D eigenvalue weighted by Crippen LogP contribution is 2.21. The van der Waals surface area contributed by atoms with Crippen LogP contribution >= 0.6 is 0 Å². The Morgan fingerprint density at radius 2 is 2.00 bits per heavy atom. The van der Waals surface area contributed by atoms with Crippen LogP contribution < -0.4 is 5.32 Å². The van der Waals surface area contributed by atoms with Gasteiger partial charge in [-0.15, -0.1) is 0 Å². The Morgan fingerprint density at radius 3 is 2.47 bits per heavy atom. The van der Waals surface area contributed by atoms with Crippen LogP contribution in [-0.4, -0.2) is 43.5 Å². The number of aliphatic hydroxyl groups excluding tert-OH is 1. The molecule has 6 nitrogen and oxygen atoms in total. The van der Waals surface area contributed by atoms with Crippen LogP contribution in [0, 0.1) is 0 Å². The lowest BCUT2D eigenvalue weighted by Crippen LogP contribution is -2.33. The van der Waals surface area contributed by atoms with E-state index in [-0.39, 0.29) is 10.6 Å². The lowest BCUT2D eigenvalue weighted by molar-refractivity contribution is -0.138. The van der Waals surface area contributed by atoms with Crippen molar-refractivity contribution in [2.75, 3.05) is 18.2 Å². The first-order chi connectivity index (χ1) is 7.86. The van der Waals surface area contributed by atoms with Gasteiger partial charge in [-0.3, -0.25) is 0 Å². The number of nitrogens with one attached hydrogen (secondary N) is 1. The fourth-order valence-electron chi connectivity index (χ4n) is 1.28. The quantitative estimate of drug-likeness (QED) is 0.685. The second-order valence-corrected chi connectivity index (χ2v) is 5.47. The summed E-state index contributed by atoms with van der Waals surface area (Å²) in [5.41, 5.74) is 0.163. The van der Waals surface area contributed by atoms with Crippen molar-refractivity contribution in [2.24, 2.45) is 0 Å². The van der Waals surface area contributed by atoms with E-state index in [1.54, 1.807) is 6.07 Å². The van der Waals surface area contributed by atoms with Crippen molar-refractivity contribution < 1.29 is 23.4 Å². The summed E-state index contributed by atoms with van der Waals surface area (Å²) in [5, 5.41) is 20.1. The van der Waals surface area contributed by atoms with Crippen molar-refractivity contribution in [3.63, 3.8) is 0 Å². The summed E-state index contributed by atoms with van der Waals surface area (Å²) in [7, 11) is -3.45. The van der Waals surface area contributed by atoms with E-state index in [2.05, 4.69) is 5.32 Å². The Bertz CT molecular complexity index is 511. The molecule has 0 radical (unpaired) electrons. The van der Waals surface area contributed by atoms with Gasteiger partial charge in [-0.2, -0.15) is 0 Å². The summed E-state index contributed by atoms with van der Waals surface area (Å²) in [6.07, 6.45) is 1.03. The molecule has 0 aliphatic carbocycles. The molecule has 1 unspecified atom stereocenters. The Hall–Kier alpha value is -1.60. The summed E-state index contributed by atoms with van der Waals surface area (Å²) in [4.78, 5) is 10.7. The van der Waals surface area contributed by atoms with Crippen LogP contribution in [0.4, 0.5) is 5.69 Å². The van der Waals surface area contributed by atoms with Crippen molar-refractivity contribution in [3.05, 3.63) is 24.3 Å². The van der Waals surface area contributed by atoms with Crippen LogP contribution in [0.25, 0.3) is 0 Å². The molecule has 0 aromatic heterocycles. The third-order valence-electron chi connectivity index (χ3n) is 2.10. The molecule has 94 valence electrons. The molecule has 0 saturated heterocycles. The number of sulfone groups is 1. The minimum atomic E-state index is -3.45. The highest BCUT2D eigenvalue weighted by molar-refractivity contribution is 7.90. The molecule has 1 rings (SSSR count). The maximum absolute atomic E-state index is 11.4. The maximum atomic E-state index is 11.4. The zero-order chi connectivity index (χ0) is 13.1. The van der Waals surface area contributed by atoms with Crippen LogP contribution in [-0.2, 0) is 14.6 Å². The molecule has 0 aliphatic heterocycles. The van der Waals surface area contributed by atoms with Gasteiger partial charge >= 0.3 is 5.97 Å². The zero-order valence-electron chi connectivity index (χ0n) is 9.12. The summed E-state index contributed by atoms with van der Waals surface area (Å²) in [6.45, 7) is -0.632. The molecule has 1 aromatic carbocycles. The van der Waals surface area contributed by atoms with Crippen LogP contribution in [0.3, 0.4) is 0 Å². The van der Waals surface area contributed by atoms with Crippen molar-refractivity contribution in [3.8, 4) is 0 Å². The van der Waals surface area contributed by atoms with E-state index in [9.17, 15) is 13.2 Å². The van der Waals surface area contributed by atoms with E-state index in [4.69, 9.17) is 10.2 Å². The van der Waals surface area contributed by atoms with Crippen molar-refractivity contribution >= 4 is 21.5 Å². The molecule has 1 atom stereocenters. The Balaban J connectivity index is 3.11. The molecule has 3 N–H and O–H groups in total. The lowest BCUT2D eigenvalue weighted by atomic mass is 10.2. The molecule has 0 heterocycles. The standard InChI is InChI=1S/C10H13NO5S/c1-17(15,16)9-5-3-2-4-7(9)11-8(6-12)10(13)14/h2-5,8,11-12H,6H2,1H3,(H,13,14). The van der Waals surface area contributed by atoms with Crippen molar-refractivity contribution in [1.29, 1.82) is 0 Å². The number of hydrogen-bond donors (Lipinski definition) is 3. The Labute approximate surface area is 98.8 Å². The number of aliphatic hydroxyl groups is 1. The number of hydrogen-bond acceptors (Lipinski definition) is 5. The van der Waals surface area contributed by atoms with E-state index in [0.29, 0.717) is 0 Å². The van der Waals surface area contributed by atoms with Gasteiger partial charge in [0.2, 0.25) is 0 Å². The molecule has 0 aliphatic rings. The van der Waals surface area contributed by atoms with Gasteiger partial charge in [0.25, 0.3) is 0 Å². The first-order valence-electron chi connectivity index (χ1n) is 4.75. The van der Waals surface area contributed by atoms with Gasteiger partial charge in [-0.05, 0) is 12.1 Å². The van der Waals surface area contributed by atoms with Gasteiger partial charge in [-0.1, -0.05) is 12.1 Å². The average Bonchev–Trinajstić information content (AvgIpc) is 2.24. The molecular weight excluding hydrogens is 246 g/mol. The van der Waals surface area contributed by atoms with Gasteiger partial charge in [0.1, 0.15) is 6.04 Å². The fourth-order valence-corrected chi connectivity index (χ4v) is 2.13. The van der Waals surface area contributed by atoms with Gasteiger partial charge in [-0.25, -0.2) is 13.2 Å². The second-order valence-electron chi connectivity index (χ2n) is 3.49. The van der Waals surface area contributed by atoms with E-state index in [1.807, 2.05) is 0 Å². The molecule has 0 bridgehead atoms. The first kappa shape index (κ1) is 13.5. The van der Waals surface area contributed by atoms with Crippen molar-refractivity contribution in [1.82, 2.24) is 0 Å². The van der Waals surface area contributed by atoms with Crippen LogP contribution in [0.2, 0.25) is 0 Å². The Morgan fingerprint density at radius 1 is 1.41 bits per heavy atom. The number of anilines is 1. The lowest BCUT2D eigenvalue weighted by Gasteiger charge is -2.15. The molecule has 0 amide bonds. The fraction of sp³-hybridized carbons (Fsp3) is 0.300. The summed E-state index contributed by atoms with van der Waals surface area (Å²) >= 11 is 0. The SMILES string of the molecule is CS(=O)(=O)c1ccccc1NC(CO)C(=O)O. The monoisotopic (exact) mass is 259 g/mol. The number of para-hydroxylation sites is 1. The minimum Gasteiger partial charge on any atom is -0.480 e. The van der Waals surface area contributed by atoms with Gasteiger partial charge < -0.3 is 15.5 Å². The largest absolute Gasteiger partial charge is 0.480 e. The summed E-state index contributed by atoms with van der Waals surface area (Å²) in [5.74, 6) is -1.25.